The number of rotatable bonds is 2. The van der Waals surface area contributed by atoms with Gasteiger partial charge in [0.2, 0.25) is 0 Å². The van der Waals surface area contributed by atoms with Crippen LogP contribution >= 0.6 is 11.6 Å². The molecule has 0 atom stereocenters. The minimum atomic E-state index is 0.670. The Morgan fingerprint density at radius 3 is 3.00 bits per heavy atom. The lowest BCUT2D eigenvalue weighted by atomic mass is 10.2. The molecule has 1 heterocycles. The summed E-state index contributed by atoms with van der Waals surface area (Å²) in [5, 5.41) is 6.92. The van der Waals surface area contributed by atoms with Crippen molar-refractivity contribution in [2.24, 2.45) is 4.99 Å². The van der Waals surface area contributed by atoms with Gasteiger partial charge in [-0.1, -0.05) is 30.3 Å². The molecule has 0 amide bonds. The van der Waals surface area contributed by atoms with E-state index in [0.29, 0.717) is 5.02 Å². The van der Waals surface area contributed by atoms with Crippen LogP contribution in [0.1, 0.15) is 5.56 Å². The number of benzene rings is 1. The molecule has 0 aliphatic carbocycles. The van der Waals surface area contributed by atoms with Crippen LogP contribution in [0.5, 0.6) is 0 Å². The van der Waals surface area contributed by atoms with E-state index in [1.165, 1.54) is 0 Å². The lowest BCUT2D eigenvalue weighted by Crippen LogP contribution is -2.26. The summed E-state index contributed by atoms with van der Waals surface area (Å²) in [4.78, 5) is 4.23. The van der Waals surface area contributed by atoms with Gasteiger partial charge >= 0.3 is 0 Å². The van der Waals surface area contributed by atoms with Crippen molar-refractivity contribution in [1.29, 1.82) is 0 Å². The molecule has 4 heteroatoms. The third-order valence-corrected chi connectivity index (χ3v) is 2.47. The summed E-state index contributed by atoms with van der Waals surface area (Å²) < 4.78 is 0. The Morgan fingerprint density at radius 1 is 1.53 bits per heavy atom. The van der Waals surface area contributed by atoms with Gasteiger partial charge in [-0.2, -0.15) is 0 Å². The van der Waals surface area contributed by atoms with E-state index >= 15 is 0 Å². The van der Waals surface area contributed by atoms with Crippen LogP contribution in [0, 0.1) is 0 Å². The summed E-state index contributed by atoms with van der Waals surface area (Å²) in [5.41, 5.74) is 1.86. The van der Waals surface area contributed by atoms with Crippen LogP contribution in [0.3, 0.4) is 0 Å². The summed E-state index contributed by atoms with van der Waals surface area (Å²) in [6.45, 7) is 5.38. The highest BCUT2D eigenvalue weighted by Gasteiger charge is 2.07. The maximum absolute atomic E-state index is 6.09. The van der Waals surface area contributed by atoms with E-state index in [-0.39, 0.29) is 0 Å². The first-order valence-electron chi connectivity index (χ1n) is 4.77. The van der Waals surface area contributed by atoms with E-state index < -0.39 is 0 Å². The predicted molar refractivity (Wildman–Crippen MR) is 65.5 cm³/mol. The molecule has 3 nitrogen and oxygen atoms in total. The molecular formula is C11H12ClN3. The number of hydrogen-bond acceptors (Lipinski definition) is 3. The number of anilines is 1. The maximum atomic E-state index is 6.09. The molecule has 0 spiro atoms. The van der Waals surface area contributed by atoms with Gasteiger partial charge in [0, 0.05) is 6.54 Å². The minimum Gasteiger partial charge on any atom is -0.354 e. The molecule has 78 valence electrons. The zero-order valence-corrected chi connectivity index (χ0v) is 9.01. The van der Waals surface area contributed by atoms with E-state index in [2.05, 4.69) is 22.2 Å². The van der Waals surface area contributed by atoms with Crippen LogP contribution in [0.4, 0.5) is 5.69 Å². The Bertz CT molecular complexity index is 412. The van der Waals surface area contributed by atoms with E-state index in [1.54, 1.807) is 6.08 Å². The SMILES string of the molecule is C=Cc1ccc(NC2=NCCN2)c(Cl)c1. The first-order chi connectivity index (χ1) is 7.29. The van der Waals surface area contributed by atoms with E-state index in [1.807, 2.05) is 18.2 Å². The van der Waals surface area contributed by atoms with Crippen LogP contribution in [-0.2, 0) is 0 Å². The smallest absolute Gasteiger partial charge is 0.195 e. The fourth-order valence-electron chi connectivity index (χ4n) is 1.37. The van der Waals surface area contributed by atoms with Gasteiger partial charge in [-0.05, 0) is 17.7 Å². The molecule has 1 aliphatic heterocycles. The Kier molecular flexibility index (Phi) is 2.92. The molecule has 0 unspecified atom stereocenters. The number of aliphatic imine (C=N–C) groups is 1. The van der Waals surface area contributed by atoms with Gasteiger partial charge in [0.15, 0.2) is 5.96 Å². The quantitative estimate of drug-likeness (QED) is 0.805. The lowest BCUT2D eigenvalue weighted by molar-refractivity contribution is 0.959. The molecule has 1 aromatic carbocycles. The van der Waals surface area contributed by atoms with E-state index in [0.717, 1.165) is 30.3 Å². The van der Waals surface area contributed by atoms with E-state index in [9.17, 15) is 0 Å². The van der Waals surface area contributed by atoms with E-state index in [4.69, 9.17) is 11.6 Å². The van der Waals surface area contributed by atoms with Crippen molar-refractivity contribution < 1.29 is 0 Å². The Balaban J connectivity index is 2.17. The normalized spacial score (nSPS) is 14.3. The van der Waals surface area contributed by atoms with Crippen LogP contribution in [-0.4, -0.2) is 19.0 Å². The molecule has 15 heavy (non-hydrogen) atoms. The molecule has 0 fully saturated rings. The molecule has 0 saturated heterocycles. The van der Waals surface area contributed by atoms with Gasteiger partial charge in [-0.15, -0.1) is 0 Å². The fourth-order valence-corrected chi connectivity index (χ4v) is 1.61. The van der Waals surface area contributed by atoms with Crippen LogP contribution in [0.25, 0.3) is 6.08 Å². The average Bonchev–Trinajstić information content (AvgIpc) is 2.74. The van der Waals surface area contributed by atoms with Crippen molar-refractivity contribution in [3.05, 3.63) is 35.4 Å². The standard InChI is InChI=1S/C11H12ClN3/c1-2-8-3-4-10(9(12)7-8)15-11-13-5-6-14-11/h2-4,7H,1,5-6H2,(H2,13,14,15). The van der Waals surface area contributed by atoms with Crippen molar-refractivity contribution in [1.82, 2.24) is 5.32 Å². The van der Waals surface area contributed by atoms with Crippen molar-refractivity contribution in [2.45, 2.75) is 0 Å². The lowest BCUT2D eigenvalue weighted by Gasteiger charge is -2.08. The molecule has 0 saturated carbocycles. The molecule has 0 aromatic heterocycles. The van der Waals surface area contributed by atoms with Crippen molar-refractivity contribution in [3.63, 3.8) is 0 Å². The predicted octanol–water partition coefficient (Wildman–Crippen LogP) is 2.35. The summed E-state index contributed by atoms with van der Waals surface area (Å²) >= 11 is 6.09. The van der Waals surface area contributed by atoms with Crippen LogP contribution in [0.2, 0.25) is 5.02 Å². The molecular weight excluding hydrogens is 210 g/mol. The van der Waals surface area contributed by atoms with Gasteiger partial charge < -0.3 is 10.6 Å². The molecule has 0 bridgehead atoms. The Hall–Kier alpha value is -1.48. The van der Waals surface area contributed by atoms with Gasteiger partial charge in [-0.25, -0.2) is 0 Å². The number of hydrogen-bond donors (Lipinski definition) is 2. The second kappa shape index (κ2) is 4.36. The third kappa shape index (κ3) is 2.30. The molecule has 0 radical (unpaired) electrons. The average molecular weight is 222 g/mol. The summed E-state index contributed by atoms with van der Waals surface area (Å²) in [7, 11) is 0. The highest BCUT2D eigenvalue weighted by molar-refractivity contribution is 6.33. The largest absolute Gasteiger partial charge is 0.354 e. The molecule has 2 rings (SSSR count). The van der Waals surface area contributed by atoms with Crippen LogP contribution < -0.4 is 10.6 Å². The summed E-state index contributed by atoms with van der Waals surface area (Å²) in [6, 6.07) is 5.74. The molecule has 1 aromatic rings. The highest BCUT2D eigenvalue weighted by Crippen LogP contribution is 2.23. The van der Waals surface area contributed by atoms with Gasteiger partial charge in [0.05, 0.1) is 17.3 Å². The fraction of sp³-hybridized carbons (Fsp3) is 0.182. The number of nitrogens with zero attached hydrogens (tertiary/aromatic N) is 1. The van der Waals surface area contributed by atoms with Crippen molar-refractivity contribution in [3.8, 4) is 0 Å². The number of nitrogens with one attached hydrogen (secondary N) is 2. The third-order valence-electron chi connectivity index (χ3n) is 2.16. The van der Waals surface area contributed by atoms with Gasteiger partial charge in [0.1, 0.15) is 0 Å². The van der Waals surface area contributed by atoms with Gasteiger partial charge in [-0.3, -0.25) is 4.99 Å². The first-order valence-corrected chi connectivity index (χ1v) is 5.15. The number of guanidine groups is 1. The summed E-state index contributed by atoms with van der Waals surface area (Å²) in [5.74, 6) is 0.781. The second-order valence-electron chi connectivity index (χ2n) is 3.23. The van der Waals surface area contributed by atoms with Crippen molar-refractivity contribution >= 4 is 29.3 Å². The minimum absolute atomic E-state index is 0.670. The molecule has 1 aliphatic rings. The molecule has 2 N–H and O–H groups in total. The zero-order valence-electron chi connectivity index (χ0n) is 8.26. The van der Waals surface area contributed by atoms with Gasteiger partial charge in [0.25, 0.3) is 0 Å². The Morgan fingerprint density at radius 2 is 2.40 bits per heavy atom. The highest BCUT2D eigenvalue weighted by atomic mass is 35.5. The maximum Gasteiger partial charge on any atom is 0.195 e. The monoisotopic (exact) mass is 221 g/mol. The summed E-state index contributed by atoms with van der Waals surface area (Å²) in [6.07, 6.45) is 1.76. The van der Waals surface area contributed by atoms with Crippen LogP contribution in [0.15, 0.2) is 29.8 Å². The topological polar surface area (TPSA) is 36.4 Å². The zero-order chi connectivity index (χ0) is 10.7. The Labute approximate surface area is 93.9 Å². The number of halogens is 1. The van der Waals surface area contributed by atoms with Crippen molar-refractivity contribution in [2.75, 3.05) is 18.4 Å². The second-order valence-corrected chi connectivity index (χ2v) is 3.63. The first kappa shape index (κ1) is 10.1.